The average molecular weight is 491 g/mol. The maximum atomic E-state index is 5.02. The Kier molecular flexibility index (Phi) is 7.08. The van der Waals surface area contributed by atoms with E-state index in [1.54, 1.807) is 0 Å². The first-order valence-electron chi connectivity index (χ1n) is 13.3. The van der Waals surface area contributed by atoms with Crippen LogP contribution in [0.2, 0.25) is 0 Å². The molecule has 0 saturated carbocycles. The van der Waals surface area contributed by atoms with Gasteiger partial charge in [0.15, 0.2) is 0 Å². The van der Waals surface area contributed by atoms with Gasteiger partial charge in [0.05, 0.1) is 17.1 Å². The van der Waals surface area contributed by atoms with Gasteiger partial charge in [0.25, 0.3) is 0 Å². The minimum atomic E-state index is 0.116. The van der Waals surface area contributed by atoms with Crippen molar-refractivity contribution in [3.63, 3.8) is 0 Å². The molecule has 1 aromatic heterocycles. The molecule has 0 fully saturated rings. The van der Waals surface area contributed by atoms with Crippen molar-refractivity contribution in [3.05, 3.63) is 107 Å². The zero-order chi connectivity index (χ0) is 27.0. The summed E-state index contributed by atoms with van der Waals surface area (Å²) < 4.78 is 2.07. The van der Waals surface area contributed by atoms with Gasteiger partial charge in [0.2, 0.25) is 0 Å². The van der Waals surface area contributed by atoms with Gasteiger partial charge < -0.3 is 0 Å². The van der Waals surface area contributed by atoms with E-state index in [4.69, 9.17) is 5.10 Å². The Morgan fingerprint density at radius 2 is 0.973 bits per heavy atom. The predicted octanol–water partition coefficient (Wildman–Crippen LogP) is 9.60. The van der Waals surface area contributed by atoms with E-state index >= 15 is 0 Å². The molecule has 0 N–H and O–H groups in total. The number of nitrogens with zero attached hydrogens (tertiary/aromatic N) is 2. The summed E-state index contributed by atoms with van der Waals surface area (Å²) in [6.07, 6.45) is 4.26. The van der Waals surface area contributed by atoms with Crippen molar-refractivity contribution in [1.29, 1.82) is 0 Å². The lowest BCUT2D eigenvalue weighted by molar-refractivity contribution is 0.589. The molecule has 0 spiro atoms. The Bertz CT molecular complexity index is 1290. The van der Waals surface area contributed by atoms with Crippen LogP contribution in [0.3, 0.4) is 0 Å². The summed E-state index contributed by atoms with van der Waals surface area (Å²) in [4.78, 5) is 0. The summed E-state index contributed by atoms with van der Waals surface area (Å²) in [5.41, 5.74) is 9.81. The van der Waals surface area contributed by atoms with Gasteiger partial charge in [0, 0.05) is 5.56 Å². The van der Waals surface area contributed by atoms with Gasteiger partial charge in [-0.2, -0.15) is 5.10 Å². The van der Waals surface area contributed by atoms with E-state index in [9.17, 15) is 0 Å². The molecule has 0 aliphatic carbocycles. The monoisotopic (exact) mass is 490 g/mol. The first-order chi connectivity index (χ1) is 17.2. The second kappa shape index (κ2) is 9.82. The van der Waals surface area contributed by atoms with Crippen LogP contribution in [0.5, 0.6) is 0 Å². The number of benzene rings is 3. The highest BCUT2D eigenvalue weighted by Gasteiger charge is 2.17. The molecule has 4 aromatic rings. The zero-order valence-electron chi connectivity index (χ0n) is 24.1. The molecule has 0 aliphatic rings. The van der Waals surface area contributed by atoms with Crippen LogP contribution in [0.4, 0.5) is 0 Å². The van der Waals surface area contributed by atoms with Crippen molar-refractivity contribution in [3.8, 4) is 16.9 Å². The smallest absolute Gasteiger partial charge is 0.0862 e. The van der Waals surface area contributed by atoms with E-state index in [0.717, 1.165) is 22.6 Å². The van der Waals surface area contributed by atoms with Gasteiger partial charge in [0.1, 0.15) is 0 Å². The summed E-state index contributed by atoms with van der Waals surface area (Å²) in [5, 5.41) is 5.02. The highest BCUT2D eigenvalue weighted by Crippen LogP contribution is 2.30. The van der Waals surface area contributed by atoms with Crippen molar-refractivity contribution in [1.82, 2.24) is 9.78 Å². The number of hydrogen-bond acceptors (Lipinski definition) is 1. The van der Waals surface area contributed by atoms with Gasteiger partial charge in [-0.1, -0.05) is 129 Å². The van der Waals surface area contributed by atoms with Crippen LogP contribution in [0.25, 0.3) is 29.1 Å². The third-order valence-corrected chi connectivity index (χ3v) is 6.98. The van der Waals surface area contributed by atoms with Gasteiger partial charge in [-0.05, 0) is 62.8 Å². The Hall–Kier alpha value is -3.39. The van der Waals surface area contributed by atoms with E-state index in [-0.39, 0.29) is 16.2 Å². The molecule has 0 saturated heterocycles. The lowest BCUT2D eigenvalue weighted by Gasteiger charge is -2.20. The molecular weight excluding hydrogens is 448 g/mol. The SMILES string of the molecule is CC(C)(C)c1ccc(C=Cc2cc(-c3ccc(C(C)(C)C)cc3)n(-c3ccc(C(C)(C)C)cc3)n2)cc1. The molecule has 0 bridgehead atoms. The van der Waals surface area contributed by atoms with Gasteiger partial charge in [-0.15, -0.1) is 0 Å². The highest BCUT2D eigenvalue weighted by molar-refractivity contribution is 5.72. The Balaban J connectivity index is 1.72. The van der Waals surface area contributed by atoms with Crippen LogP contribution >= 0.6 is 0 Å². The standard InChI is InChI=1S/C35H42N2/c1-33(2,3)27-15-10-25(11-16-27)12-21-30-24-32(26-13-17-28(18-14-26)34(4,5)6)37(36-30)31-22-19-29(20-23-31)35(7,8)9/h10-24H,1-9H3. The summed E-state index contributed by atoms with van der Waals surface area (Å²) in [6, 6.07) is 28.7. The number of rotatable bonds is 4. The van der Waals surface area contributed by atoms with E-state index in [1.807, 2.05) is 0 Å². The van der Waals surface area contributed by atoms with Crippen molar-refractivity contribution >= 4 is 12.2 Å². The van der Waals surface area contributed by atoms with Crippen LogP contribution in [0, 0.1) is 0 Å². The summed E-state index contributed by atoms with van der Waals surface area (Å²) in [6.45, 7) is 20.2. The van der Waals surface area contributed by atoms with E-state index < -0.39 is 0 Å². The fourth-order valence-electron chi connectivity index (χ4n) is 4.40. The topological polar surface area (TPSA) is 17.8 Å². The van der Waals surface area contributed by atoms with Gasteiger partial charge >= 0.3 is 0 Å². The Morgan fingerprint density at radius 3 is 1.43 bits per heavy atom. The van der Waals surface area contributed by atoms with Crippen molar-refractivity contribution in [2.24, 2.45) is 0 Å². The minimum absolute atomic E-state index is 0.116. The largest absolute Gasteiger partial charge is 0.233 e. The van der Waals surface area contributed by atoms with Crippen LogP contribution in [-0.2, 0) is 16.2 Å². The third-order valence-electron chi connectivity index (χ3n) is 6.98. The molecular formula is C35H42N2. The Labute approximate surface area is 224 Å². The highest BCUT2D eigenvalue weighted by atomic mass is 15.3. The van der Waals surface area contributed by atoms with Crippen molar-refractivity contribution in [2.45, 2.75) is 78.6 Å². The first kappa shape index (κ1) is 26.7. The van der Waals surface area contributed by atoms with E-state index in [1.165, 1.54) is 22.3 Å². The molecule has 0 radical (unpaired) electrons. The van der Waals surface area contributed by atoms with Crippen LogP contribution in [0.15, 0.2) is 78.9 Å². The lowest BCUT2D eigenvalue weighted by atomic mass is 9.86. The summed E-state index contributed by atoms with van der Waals surface area (Å²) >= 11 is 0. The zero-order valence-corrected chi connectivity index (χ0v) is 24.1. The fourth-order valence-corrected chi connectivity index (χ4v) is 4.40. The predicted molar refractivity (Wildman–Crippen MR) is 160 cm³/mol. The number of hydrogen-bond donors (Lipinski definition) is 0. The minimum Gasteiger partial charge on any atom is -0.233 e. The molecule has 192 valence electrons. The van der Waals surface area contributed by atoms with E-state index in [2.05, 4.69) is 158 Å². The molecule has 3 aromatic carbocycles. The maximum Gasteiger partial charge on any atom is 0.0862 e. The maximum absolute atomic E-state index is 5.02. The Morgan fingerprint density at radius 1 is 0.541 bits per heavy atom. The molecule has 0 atom stereocenters. The van der Waals surface area contributed by atoms with Crippen LogP contribution in [-0.4, -0.2) is 9.78 Å². The second-order valence-electron chi connectivity index (χ2n) is 13.2. The molecule has 2 nitrogen and oxygen atoms in total. The summed E-state index contributed by atoms with van der Waals surface area (Å²) in [7, 11) is 0. The van der Waals surface area contributed by atoms with E-state index in [0.29, 0.717) is 0 Å². The first-order valence-corrected chi connectivity index (χ1v) is 13.3. The average Bonchev–Trinajstić information content (AvgIpc) is 3.26. The third kappa shape index (κ3) is 6.31. The quantitative estimate of drug-likeness (QED) is 0.278. The molecule has 0 amide bonds. The van der Waals surface area contributed by atoms with Crippen molar-refractivity contribution in [2.75, 3.05) is 0 Å². The van der Waals surface area contributed by atoms with Crippen LogP contribution in [0.1, 0.15) is 90.3 Å². The lowest BCUT2D eigenvalue weighted by Crippen LogP contribution is -2.11. The molecule has 4 rings (SSSR count). The molecule has 2 heteroatoms. The molecule has 0 unspecified atom stereocenters. The van der Waals surface area contributed by atoms with Gasteiger partial charge in [-0.25, -0.2) is 4.68 Å². The molecule has 0 aliphatic heterocycles. The normalized spacial score (nSPS) is 12.9. The second-order valence-corrected chi connectivity index (χ2v) is 13.2. The molecule has 1 heterocycles. The summed E-state index contributed by atoms with van der Waals surface area (Å²) in [5.74, 6) is 0. The van der Waals surface area contributed by atoms with Crippen molar-refractivity contribution < 1.29 is 0 Å². The number of aromatic nitrogens is 2. The fraction of sp³-hybridized carbons (Fsp3) is 0.343. The van der Waals surface area contributed by atoms with Gasteiger partial charge in [-0.3, -0.25) is 0 Å². The molecule has 37 heavy (non-hydrogen) atoms. The van der Waals surface area contributed by atoms with Crippen LogP contribution < -0.4 is 0 Å².